The number of anilines is 2. The minimum Gasteiger partial charge on any atom is -0.378 e. The number of nitrogens with one attached hydrogen (secondary N) is 2. The predicted octanol–water partition coefficient (Wildman–Crippen LogP) is 1.94. The molecule has 0 aliphatic rings. The fraction of sp³-hybridized carbons (Fsp3) is 0.167. The van der Waals surface area contributed by atoms with Gasteiger partial charge in [0.05, 0.1) is 12.3 Å². The summed E-state index contributed by atoms with van der Waals surface area (Å²) in [5, 5.41) is 2.41. The van der Waals surface area contributed by atoms with Crippen LogP contribution in [0, 0.1) is 11.6 Å². The van der Waals surface area contributed by atoms with Crippen molar-refractivity contribution in [2.75, 3.05) is 12.4 Å². The zero-order valence-corrected chi connectivity index (χ0v) is 10.0. The lowest BCUT2D eigenvalue weighted by molar-refractivity contribution is 0.181. The molecular formula is C12H11F2N3O2. The van der Waals surface area contributed by atoms with Gasteiger partial charge < -0.3 is 10.1 Å². The normalized spacial score (nSPS) is 10.5. The van der Waals surface area contributed by atoms with Crippen molar-refractivity contribution < 1.29 is 13.5 Å². The van der Waals surface area contributed by atoms with E-state index >= 15 is 0 Å². The van der Waals surface area contributed by atoms with Crippen LogP contribution in [0.25, 0.3) is 0 Å². The lowest BCUT2D eigenvalue weighted by Gasteiger charge is -2.08. The largest absolute Gasteiger partial charge is 0.378 e. The number of benzene rings is 1. The Labute approximate surface area is 107 Å². The van der Waals surface area contributed by atoms with E-state index in [1.807, 2.05) is 0 Å². The molecule has 0 saturated carbocycles. The Hall–Kier alpha value is -2.28. The van der Waals surface area contributed by atoms with Crippen LogP contribution < -0.4 is 10.9 Å². The van der Waals surface area contributed by atoms with Crippen LogP contribution in [-0.4, -0.2) is 17.1 Å². The maximum atomic E-state index is 13.4. The van der Waals surface area contributed by atoms with Crippen molar-refractivity contribution >= 4 is 11.6 Å². The van der Waals surface area contributed by atoms with Gasteiger partial charge >= 0.3 is 0 Å². The van der Waals surface area contributed by atoms with Gasteiger partial charge in [-0.05, 0) is 12.1 Å². The molecule has 0 spiro atoms. The highest BCUT2D eigenvalue weighted by Gasteiger charge is 2.10. The third-order valence-electron chi connectivity index (χ3n) is 2.29. The second-order valence-corrected chi connectivity index (χ2v) is 3.74. The molecular weight excluding hydrogens is 256 g/mol. The number of aromatic amines is 1. The summed E-state index contributed by atoms with van der Waals surface area (Å²) in [7, 11) is 1.45. The number of hydrogen-bond donors (Lipinski definition) is 2. The summed E-state index contributed by atoms with van der Waals surface area (Å²) in [5.74, 6) is -1.61. The first-order valence-corrected chi connectivity index (χ1v) is 5.40. The van der Waals surface area contributed by atoms with E-state index in [1.54, 1.807) is 0 Å². The second-order valence-electron chi connectivity index (χ2n) is 3.74. The number of hydrogen-bond acceptors (Lipinski definition) is 4. The molecule has 0 fully saturated rings. The minimum absolute atomic E-state index is 0.0523. The van der Waals surface area contributed by atoms with E-state index in [9.17, 15) is 13.6 Å². The molecule has 0 aliphatic carbocycles. The lowest BCUT2D eigenvalue weighted by Crippen LogP contribution is -2.13. The molecule has 0 radical (unpaired) electrons. The topological polar surface area (TPSA) is 67.0 Å². The molecule has 0 bridgehead atoms. The first-order chi connectivity index (χ1) is 9.10. The zero-order valence-electron chi connectivity index (χ0n) is 10.0. The molecule has 2 aromatic rings. The Bertz CT molecular complexity index is 623. The molecule has 100 valence electrons. The third-order valence-corrected chi connectivity index (χ3v) is 2.29. The van der Waals surface area contributed by atoms with Crippen LogP contribution in [0.3, 0.4) is 0 Å². The Kier molecular flexibility index (Phi) is 3.86. The van der Waals surface area contributed by atoms with Gasteiger partial charge in [0.2, 0.25) is 5.95 Å². The van der Waals surface area contributed by atoms with E-state index in [4.69, 9.17) is 4.74 Å². The number of aromatic nitrogens is 2. The van der Waals surface area contributed by atoms with E-state index in [0.29, 0.717) is 5.69 Å². The maximum absolute atomic E-state index is 13.4. The van der Waals surface area contributed by atoms with Crippen LogP contribution in [-0.2, 0) is 11.3 Å². The highest BCUT2D eigenvalue weighted by atomic mass is 19.1. The number of para-hydroxylation sites is 1. The fourth-order valence-electron chi connectivity index (χ4n) is 1.52. The van der Waals surface area contributed by atoms with Crippen molar-refractivity contribution in [1.29, 1.82) is 0 Å². The summed E-state index contributed by atoms with van der Waals surface area (Å²) in [5.41, 5.74) is -0.466. The van der Waals surface area contributed by atoms with E-state index in [1.165, 1.54) is 19.2 Å². The first kappa shape index (κ1) is 13.2. The van der Waals surface area contributed by atoms with Gasteiger partial charge in [0.1, 0.15) is 17.3 Å². The number of methoxy groups -OCH3 is 1. The molecule has 0 amide bonds. The molecule has 5 nitrogen and oxygen atoms in total. The number of H-pyrrole nitrogens is 1. The molecule has 0 atom stereocenters. The van der Waals surface area contributed by atoms with Gasteiger partial charge in [0, 0.05) is 13.2 Å². The van der Waals surface area contributed by atoms with Crippen molar-refractivity contribution in [3.05, 3.63) is 51.9 Å². The molecule has 0 unspecified atom stereocenters. The smallest absolute Gasteiger partial charge is 0.252 e. The second kappa shape index (κ2) is 5.57. The molecule has 1 heterocycles. The average molecular weight is 267 g/mol. The van der Waals surface area contributed by atoms with E-state index in [-0.39, 0.29) is 18.2 Å². The molecule has 1 aromatic carbocycles. The molecule has 2 N–H and O–H groups in total. The van der Waals surface area contributed by atoms with Crippen LogP contribution >= 0.6 is 0 Å². The van der Waals surface area contributed by atoms with Crippen molar-refractivity contribution in [3.8, 4) is 0 Å². The number of ether oxygens (including phenoxy) is 1. The summed E-state index contributed by atoms with van der Waals surface area (Å²) < 4.78 is 31.7. The Morgan fingerprint density at radius 2 is 2.05 bits per heavy atom. The van der Waals surface area contributed by atoms with Gasteiger partial charge in [-0.3, -0.25) is 9.78 Å². The summed E-state index contributed by atoms with van der Waals surface area (Å²) >= 11 is 0. The van der Waals surface area contributed by atoms with Gasteiger partial charge in [-0.15, -0.1) is 0 Å². The molecule has 7 heteroatoms. The lowest BCUT2D eigenvalue weighted by atomic mass is 10.3. The van der Waals surface area contributed by atoms with Crippen molar-refractivity contribution in [1.82, 2.24) is 9.97 Å². The monoisotopic (exact) mass is 267 g/mol. The van der Waals surface area contributed by atoms with Crippen molar-refractivity contribution in [2.24, 2.45) is 0 Å². The number of rotatable bonds is 4. The third kappa shape index (κ3) is 3.14. The van der Waals surface area contributed by atoms with E-state index < -0.39 is 17.2 Å². The average Bonchev–Trinajstić information content (AvgIpc) is 2.34. The van der Waals surface area contributed by atoms with E-state index in [0.717, 1.165) is 12.1 Å². The number of halogens is 2. The summed E-state index contributed by atoms with van der Waals surface area (Å²) in [6.07, 6.45) is 0. The summed E-state index contributed by atoms with van der Waals surface area (Å²) in [6, 6.07) is 4.69. The van der Waals surface area contributed by atoms with E-state index in [2.05, 4.69) is 15.3 Å². The summed E-state index contributed by atoms with van der Waals surface area (Å²) in [4.78, 5) is 17.7. The Balaban J connectivity index is 2.35. The van der Waals surface area contributed by atoms with Crippen LogP contribution in [0.1, 0.15) is 5.69 Å². The fourth-order valence-corrected chi connectivity index (χ4v) is 1.52. The Morgan fingerprint density at radius 3 is 2.68 bits per heavy atom. The van der Waals surface area contributed by atoms with Crippen molar-refractivity contribution in [2.45, 2.75) is 6.61 Å². The van der Waals surface area contributed by atoms with Gasteiger partial charge in [0.15, 0.2) is 0 Å². The van der Waals surface area contributed by atoms with Gasteiger partial charge in [-0.25, -0.2) is 13.8 Å². The van der Waals surface area contributed by atoms with Crippen LogP contribution in [0.5, 0.6) is 0 Å². The maximum Gasteiger partial charge on any atom is 0.252 e. The van der Waals surface area contributed by atoms with Gasteiger partial charge in [-0.2, -0.15) is 0 Å². The highest BCUT2D eigenvalue weighted by Crippen LogP contribution is 2.20. The SMILES string of the molecule is COCc1cc(=O)[nH]c(Nc2c(F)cccc2F)n1. The standard InChI is InChI=1S/C12H11F2N3O2/c1-19-6-7-5-10(18)16-12(15-7)17-11-8(13)3-2-4-9(11)14/h2-5H,6H2,1H3,(H2,15,16,17,18). The number of nitrogens with zero attached hydrogens (tertiary/aromatic N) is 1. The summed E-state index contributed by atoms with van der Waals surface area (Å²) in [6.45, 7) is 0.123. The minimum atomic E-state index is -0.778. The van der Waals surface area contributed by atoms with Crippen molar-refractivity contribution in [3.63, 3.8) is 0 Å². The molecule has 2 rings (SSSR count). The van der Waals surface area contributed by atoms with Crippen LogP contribution in [0.2, 0.25) is 0 Å². The molecule has 0 aliphatic heterocycles. The van der Waals surface area contributed by atoms with Gasteiger partial charge in [0.25, 0.3) is 5.56 Å². The van der Waals surface area contributed by atoms with Crippen LogP contribution in [0.15, 0.2) is 29.1 Å². The zero-order chi connectivity index (χ0) is 13.8. The molecule has 0 saturated heterocycles. The quantitative estimate of drug-likeness (QED) is 0.888. The molecule has 19 heavy (non-hydrogen) atoms. The Morgan fingerprint density at radius 1 is 1.37 bits per heavy atom. The first-order valence-electron chi connectivity index (χ1n) is 5.40. The molecule has 1 aromatic heterocycles. The van der Waals surface area contributed by atoms with Gasteiger partial charge in [-0.1, -0.05) is 6.07 Å². The predicted molar refractivity (Wildman–Crippen MR) is 65.2 cm³/mol. The van der Waals surface area contributed by atoms with Crippen LogP contribution in [0.4, 0.5) is 20.4 Å². The highest BCUT2D eigenvalue weighted by molar-refractivity contribution is 5.54.